The van der Waals surface area contributed by atoms with Crippen LogP contribution in [0.5, 0.6) is 0 Å². The Morgan fingerprint density at radius 1 is 1.12 bits per heavy atom. The molecule has 0 spiro atoms. The van der Waals surface area contributed by atoms with E-state index in [-0.39, 0.29) is 5.92 Å². The first-order valence-electron chi connectivity index (χ1n) is 8.02. The lowest BCUT2D eigenvalue weighted by molar-refractivity contribution is 0.0994. The van der Waals surface area contributed by atoms with Crippen LogP contribution >= 0.6 is 11.6 Å². The Bertz CT molecular complexity index is 921. The molecule has 4 heteroatoms. The Balaban J connectivity index is 2.45. The van der Waals surface area contributed by atoms with E-state index in [9.17, 15) is 4.79 Å². The zero-order valence-corrected chi connectivity index (χ0v) is 14.5. The lowest BCUT2D eigenvalue weighted by atomic mass is 9.89. The number of pyridine rings is 1. The van der Waals surface area contributed by atoms with E-state index in [1.165, 1.54) is 0 Å². The Labute approximate surface area is 146 Å². The van der Waals surface area contributed by atoms with Crippen molar-refractivity contribution in [2.45, 2.75) is 26.2 Å². The summed E-state index contributed by atoms with van der Waals surface area (Å²) in [5.74, 6) is -0.324. The van der Waals surface area contributed by atoms with Crippen LogP contribution in [0.15, 0.2) is 48.5 Å². The molecule has 0 saturated carbocycles. The first-order valence-corrected chi connectivity index (χ1v) is 8.39. The highest BCUT2D eigenvalue weighted by Gasteiger charge is 2.22. The summed E-state index contributed by atoms with van der Waals surface area (Å²) in [4.78, 5) is 16.7. The van der Waals surface area contributed by atoms with E-state index in [1.54, 1.807) is 0 Å². The molecular weight excluding hydrogens is 320 g/mol. The van der Waals surface area contributed by atoms with Crippen LogP contribution < -0.4 is 5.73 Å². The minimum Gasteiger partial charge on any atom is -0.364 e. The quantitative estimate of drug-likeness (QED) is 0.713. The maximum Gasteiger partial charge on any atom is 0.267 e. The Morgan fingerprint density at radius 3 is 2.38 bits per heavy atom. The second-order valence-corrected chi connectivity index (χ2v) is 6.33. The molecule has 3 nitrogen and oxygen atoms in total. The van der Waals surface area contributed by atoms with Crippen LogP contribution in [0.2, 0.25) is 5.02 Å². The van der Waals surface area contributed by atoms with Crippen LogP contribution in [0.1, 0.15) is 42.2 Å². The van der Waals surface area contributed by atoms with Crippen molar-refractivity contribution in [3.05, 3.63) is 64.8 Å². The fraction of sp³-hybridized carbons (Fsp3) is 0.200. The summed E-state index contributed by atoms with van der Waals surface area (Å²) in [6.45, 7) is 4.18. The van der Waals surface area contributed by atoms with E-state index >= 15 is 0 Å². The fourth-order valence-corrected chi connectivity index (χ4v) is 3.26. The third kappa shape index (κ3) is 2.76. The molecule has 1 heterocycles. The molecular formula is C20H19ClN2O. The molecule has 0 bridgehead atoms. The number of carbonyl (C=O) groups excluding carboxylic acids is 1. The van der Waals surface area contributed by atoms with Crippen molar-refractivity contribution in [1.29, 1.82) is 0 Å². The molecule has 0 fully saturated rings. The SMILES string of the molecule is CC[C@H](C)c1c(C(N)=O)nc(-c2ccccc2Cl)c2ccccc12. The largest absolute Gasteiger partial charge is 0.364 e. The smallest absolute Gasteiger partial charge is 0.267 e. The topological polar surface area (TPSA) is 56.0 Å². The van der Waals surface area contributed by atoms with Gasteiger partial charge in [-0.1, -0.05) is 67.9 Å². The van der Waals surface area contributed by atoms with Gasteiger partial charge in [-0.3, -0.25) is 4.79 Å². The van der Waals surface area contributed by atoms with Gasteiger partial charge >= 0.3 is 0 Å². The molecule has 0 saturated heterocycles. The molecule has 1 atom stereocenters. The van der Waals surface area contributed by atoms with Crippen LogP contribution in [0.3, 0.4) is 0 Å². The first-order chi connectivity index (χ1) is 11.5. The molecule has 24 heavy (non-hydrogen) atoms. The highest BCUT2D eigenvalue weighted by molar-refractivity contribution is 6.33. The number of carbonyl (C=O) groups is 1. The number of nitrogens with two attached hydrogens (primary N) is 1. The molecule has 0 radical (unpaired) electrons. The lowest BCUT2D eigenvalue weighted by Gasteiger charge is -2.18. The molecule has 1 aromatic heterocycles. The summed E-state index contributed by atoms with van der Waals surface area (Å²) in [5, 5.41) is 2.58. The fourth-order valence-electron chi connectivity index (χ4n) is 3.03. The van der Waals surface area contributed by atoms with Crippen molar-refractivity contribution in [1.82, 2.24) is 4.98 Å². The molecule has 0 aliphatic carbocycles. The summed E-state index contributed by atoms with van der Waals surface area (Å²) in [7, 11) is 0. The van der Waals surface area contributed by atoms with Crippen LogP contribution in [0.25, 0.3) is 22.0 Å². The van der Waals surface area contributed by atoms with Gasteiger partial charge in [-0.25, -0.2) is 4.98 Å². The Kier molecular flexibility index (Phi) is 4.54. The maximum absolute atomic E-state index is 12.1. The number of hydrogen-bond donors (Lipinski definition) is 1. The number of primary amides is 1. The predicted octanol–water partition coefficient (Wildman–Crippen LogP) is 5.17. The average molecular weight is 339 g/mol. The van der Waals surface area contributed by atoms with Gasteiger partial charge in [0.2, 0.25) is 0 Å². The first kappa shape index (κ1) is 16.5. The van der Waals surface area contributed by atoms with E-state index in [2.05, 4.69) is 18.8 Å². The second kappa shape index (κ2) is 6.62. The Hall–Kier alpha value is -2.39. The summed E-state index contributed by atoms with van der Waals surface area (Å²) in [5.41, 5.74) is 8.38. The third-order valence-electron chi connectivity index (χ3n) is 4.42. The number of rotatable bonds is 4. The van der Waals surface area contributed by atoms with Gasteiger partial charge in [0.25, 0.3) is 5.91 Å². The predicted molar refractivity (Wildman–Crippen MR) is 99.4 cm³/mol. The van der Waals surface area contributed by atoms with Crippen LogP contribution in [-0.4, -0.2) is 10.9 Å². The van der Waals surface area contributed by atoms with Gasteiger partial charge in [-0.05, 0) is 29.4 Å². The summed E-state index contributed by atoms with van der Waals surface area (Å²) in [6, 6.07) is 15.5. The van der Waals surface area contributed by atoms with Crippen molar-refractivity contribution in [2.75, 3.05) is 0 Å². The van der Waals surface area contributed by atoms with Crippen LogP contribution in [0.4, 0.5) is 0 Å². The number of amides is 1. The molecule has 3 rings (SSSR count). The Morgan fingerprint density at radius 2 is 1.75 bits per heavy atom. The molecule has 1 amide bonds. The van der Waals surface area contributed by atoms with Crippen molar-refractivity contribution in [3.8, 4) is 11.3 Å². The molecule has 3 aromatic rings. The van der Waals surface area contributed by atoms with Crippen molar-refractivity contribution < 1.29 is 4.79 Å². The zero-order valence-electron chi connectivity index (χ0n) is 13.7. The van der Waals surface area contributed by atoms with E-state index < -0.39 is 5.91 Å². The number of hydrogen-bond acceptors (Lipinski definition) is 2. The molecule has 2 aromatic carbocycles. The normalized spacial score (nSPS) is 12.3. The average Bonchev–Trinajstić information content (AvgIpc) is 2.60. The number of fused-ring (bicyclic) bond motifs is 1. The highest BCUT2D eigenvalue weighted by Crippen LogP contribution is 2.37. The van der Waals surface area contributed by atoms with Gasteiger partial charge in [-0.2, -0.15) is 0 Å². The van der Waals surface area contributed by atoms with Gasteiger partial charge < -0.3 is 5.73 Å². The van der Waals surface area contributed by atoms with E-state index in [1.807, 2.05) is 48.5 Å². The maximum atomic E-state index is 12.1. The number of aromatic nitrogens is 1. The summed E-state index contributed by atoms with van der Waals surface area (Å²) < 4.78 is 0. The van der Waals surface area contributed by atoms with Crippen molar-refractivity contribution in [3.63, 3.8) is 0 Å². The highest BCUT2D eigenvalue weighted by atomic mass is 35.5. The van der Waals surface area contributed by atoms with Gasteiger partial charge in [-0.15, -0.1) is 0 Å². The molecule has 0 aliphatic heterocycles. The van der Waals surface area contributed by atoms with Gasteiger partial charge in [0, 0.05) is 16.0 Å². The monoisotopic (exact) mass is 338 g/mol. The van der Waals surface area contributed by atoms with E-state index in [0.717, 1.165) is 28.3 Å². The number of benzene rings is 2. The van der Waals surface area contributed by atoms with Crippen molar-refractivity contribution in [2.24, 2.45) is 5.73 Å². The van der Waals surface area contributed by atoms with E-state index in [4.69, 9.17) is 17.3 Å². The third-order valence-corrected chi connectivity index (χ3v) is 4.75. The lowest BCUT2D eigenvalue weighted by Crippen LogP contribution is -2.18. The standard InChI is InChI=1S/C20H19ClN2O/c1-3-12(2)17-13-8-4-5-9-14(13)18(23-19(17)20(22)24)15-10-6-7-11-16(15)21/h4-12H,3H2,1-2H3,(H2,22,24)/t12-/m0/s1. The molecule has 0 aliphatic rings. The molecule has 2 N–H and O–H groups in total. The zero-order chi connectivity index (χ0) is 17.3. The second-order valence-electron chi connectivity index (χ2n) is 5.92. The van der Waals surface area contributed by atoms with Gasteiger partial charge in [0.05, 0.1) is 5.69 Å². The van der Waals surface area contributed by atoms with Crippen LogP contribution in [-0.2, 0) is 0 Å². The number of nitrogens with zero attached hydrogens (tertiary/aromatic N) is 1. The minimum absolute atomic E-state index is 0.185. The van der Waals surface area contributed by atoms with E-state index in [0.29, 0.717) is 16.4 Å². The summed E-state index contributed by atoms with van der Waals surface area (Å²) in [6.07, 6.45) is 0.900. The molecule has 122 valence electrons. The van der Waals surface area contributed by atoms with Crippen LogP contribution in [0, 0.1) is 0 Å². The summed E-state index contributed by atoms with van der Waals surface area (Å²) >= 11 is 6.36. The van der Waals surface area contributed by atoms with Crippen molar-refractivity contribution >= 4 is 28.3 Å². The number of halogens is 1. The molecule has 0 unspecified atom stereocenters. The van der Waals surface area contributed by atoms with Gasteiger partial charge in [0.1, 0.15) is 5.69 Å². The minimum atomic E-state index is -0.510. The van der Waals surface area contributed by atoms with Gasteiger partial charge in [0.15, 0.2) is 0 Å².